The smallest absolute Gasteiger partial charge is 0.325 e. The monoisotopic (exact) mass is 408 g/mol. The number of piperidine rings is 1. The third-order valence-corrected chi connectivity index (χ3v) is 6.12. The van der Waals surface area contributed by atoms with E-state index in [2.05, 4.69) is 32.8 Å². The van der Waals surface area contributed by atoms with Crippen LogP contribution < -0.4 is 16.0 Å². The molecule has 0 aromatic heterocycles. The van der Waals surface area contributed by atoms with Crippen molar-refractivity contribution in [2.45, 2.75) is 77.8 Å². The molecule has 2 fully saturated rings. The first-order valence-electron chi connectivity index (χ1n) is 11.4. The lowest BCUT2D eigenvalue weighted by Gasteiger charge is -2.35. The minimum Gasteiger partial charge on any atom is -0.357 e. The fourth-order valence-corrected chi connectivity index (χ4v) is 4.09. The topological polar surface area (TPSA) is 89.1 Å². The van der Waals surface area contributed by atoms with E-state index < -0.39 is 5.54 Å². The number of carbonyl (C=O) groups is 2. The molecule has 2 unspecified atom stereocenters. The van der Waals surface area contributed by atoms with Crippen molar-refractivity contribution in [2.24, 2.45) is 4.99 Å². The fourth-order valence-electron chi connectivity index (χ4n) is 4.09. The summed E-state index contributed by atoms with van der Waals surface area (Å²) in [6, 6.07) is 0.420. The number of likely N-dealkylation sites (tertiary alicyclic amines) is 1. The van der Waals surface area contributed by atoms with Crippen molar-refractivity contribution in [3.05, 3.63) is 0 Å². The first-order valence-corrected chi connectivity index (χ1v) is 11.4. The summed E-state index contributed by atoms with van der Waals surface area (Å²) >= 11 is 0. The summed E-state index contributed by atoms with van der Waals surface area (Å²) in [5.41, 5.74) is -0.762. The molecule has 2 atom stereocenters. The van der Waals surface area contributed by atoms with Crippen LogP contribution in [0.1, 0.15) is 66.2 Å². The molecule has 8 heteroatoms. The maximum absolute atomic E-state index is 12.4. The van der Waals surface area contributed by atoms with Crippen LogP contribution in [0.2, 0.25) is 0 Å². The quantitative estimate of drug-likeness (QED) is 0.222. The lowest BCUT2D eigenvalue weighted by Crippen LogP contribution is -2.46. The predicted molar refractivity (Wildman–Crippen MR) is 117 cm³/mol. The van der Waals surface area contributed by atoms with Gasteiger partial charge in [0.2, 0.25) is 0 Å². The standard InChI is InChI=1S/C21H40N6O2/c1-5-17-11-8-9-14-26(17)16-13-24-19(22-7-3)23-12-10-15-27-18(28)21(4,6-2)25-20(27)29/h17H,5-16H2,1-4H3,(H,25,29)(H2,22,23,24). The number of carbonyl (C=O) groups excluding carboxylic acids is 2. The number of imide groups is 1. The van der Waals surface area contributed by atoms with Gasteiger partial charge in [-0.15, -0.1) is 0 Å². The van der Waals surface area contributed by atoms with Crippen LogP contribution in [0.3, 0.4) is 0 Å². The average Bonchev–Trinajstić information content (AvgIpc) is 2.94. The number of guanidine groups is 1. The van der Waals surface area contributed by atoms with E-state index >= 15 is 0 Å². The van der Waals surface area contributed by atoms with Gasteiger partial charge in [0.05, 0.1) is 0 Å². The highest BCUT2D eigenvalue weighted by Crippen LogP contribution is 2.21. The summed E-state index contributed by atoms with van der Waals surface area (Å²) in [5.74, 6) is 0.666. The van der Waals surface area contributed by atoms with Gasteiger partial charge in [-0.05, 0) is 52.5 Å². The van der Waals surface area contributed by atoms with E-state index in [0.717, 1.165) is 25.6 Å². The zero-order chi connectivity index (χ0) is 21.3. The van der Waals surface area contributed by atoms with Gasteiger partial charge in [-0.1, -0.05) is 20.3 Å². The third kappa shape index (κ3) is 6.32. The van der Waals surface area contributed by atoms with Gasteiger partial charge in [0, 0.05) is 38.8 Å². The molecule has 2 aliphatic heterocycles. The van der Waals surface area contributed by atoms with Crippen molar-refractivity contribution >= 4 is 17.9 Å². The molecule has 0 aromatic rings. The molecule has 29 heavy (non-hydrogen) atoms. The van der Waals surface area contributed by atoms with Gasteiger partial charge in [0.1, 0.15) is 5.54 Å². The molecule has 2 heterocycles. The minimum atomic E-state index is -0.762. The van der Waals surface area contributed by atoms with Crippen LogP contribution in [0.15, 0.2) is 4.99 Å². The van der Waals surface area contributed by atoms with Crippen LogP contribution >= 0.6 is 0 Å². The van der Waals surface area contributed by atoms with Crippen molar-refractivity contribution < 1.29 is 9.59 Å². The second-order valence-electron chi connectivity index (χ2n) is 8.21. The number of nitrogens with zero attached hydrogens (tertiary/aromatic N) is 3. The zero-order valence-electron chi connectivity index (χ0n) is 18.7. The van der Waals surface area contributed by atoms with Crippen molar-refractivity contribution in [3.8, 4) is 0 Å². The molecule has 2 saturated heterocycles. The van der Waals surface area contributed by atoms with E-state index in [1.807, 2.05) is 13.8 Å². The first kappa shape index (κ1) is 23.4. The number of urea groups is 1. The van der Waals surface area contributed by atoms with E-state index in [1.165, 1.54) is 37.1 Å². The van der Waals surface area contributed by atoms with Gasteiger partial charge < -0.3 is 16.0 Å². The van der Waals surface area contributed by atoms with Crippen LogP contribution in [0.25, 0.3) is 0 Å². The van der Waals surface area contributed by atoms with Gasteiger partial charge in [-0.3, -0.25) is 19.6 Å². The zero-order valence-corrected chi connectivity index (χ0v) is 18.7. The minimum absolute atomic E-state index is 0.133. The molecule has 166 valence electrons. The van der Waals surface area contributed by atoms with Gasteiger partial charge in [-0.2, -0.15) is 0 Å². The third-order valence-electron chi connectivity index (χ3n) is 6.12. The molecule has 0 saturated carbocycles. The molecule has 0 aromatic carbocycles. The van der Waals surface area contributed by atoms with Gasteiger partial charge in [0.25, 0.3) is 5.91 Å². The van der Waals surface area contributed by atoms with Gasteiger partial charge >= 0.3 is 6.03 Å². The second kappa shape index (κ2) is 11.4. The Morgan fingerprint density at radius 2 is 2.00 bits per heavy atom. The predicted octanol–water partition coefficient (Wildman–Crippen LogP) is 1.92. The molecule has 0 aliphatic carbocycles. The number of rotatable bonds is 10. The Morgan fingerprint density at radius 3 is 2.66 bits per heavy atom. The average molecular weight is 409 g/mol. The molecular weight excluding hydrogens is 368 g/mol. The molecule has 3 amide bonds. The highest BCUT2D eigenvalue weighted by molar-refractivity contribution is 6.06. The van der Waals surface area contributed by atoms with Gasteiger partial charge in [-0.25, -0.2) is 4.79 Å². The molecule has 8 nitrogen and oxygen atoms in total. The van der Waals surface area contributed by atoms with Crippen molar-refractivity contribution in [3.63, 3.8) is 0 Å². The van der Waals surface area contributed by atoms with Crippen LogP contribution in [-0.4, -0.2) is 78.5 Å². The van der Waals surface area contributed by atoms with Crippen molar-refractivity contribution in [1.29, 1.82) is 0 Å². The van der Waals surface area contributed by atoms with Crippen molar-refractivity contribution in [2.75, 3.05) is 39.3 Å². The van der Waals surface area contributed by atoms with E-state index in [4.69, 9.17) is 0 Å². The number of hydrogen-bond donors (Lipinski definition) is 3. The highest BCUT2D eigenvalue weighted by atomic mass is 16.2. The number of nitrogens with one attached hydrogen (secondary N) is 3. The molecule has 0 spiro atoms. The molecule has 0 radical (unpaired) electrons. The molecule has 0 bridgehead atoms. The Morgan fingerprint density at radius 1 is 1.21 bits per heavy atom. The lowest BCUT2D eigenvalue weighted by molar-refractivity contribution is -0.130. The van der Waals surface area contributed by atoms with Crippen LogP contribution in [0.4, 0.5) is 4.79 Å². The Hall–Kier alpha value is -1.83. The maximum Gasteiger partial charge on any atom is 0.325 e. The van der Waals surface area contributed by atoms with Crippen LogP contribution in [0, 0.1) is 0 Å². The normalized spacial score (nSPS) is 26.0. The molecule has 3 N–H and O–H groups in total. The molecular formula is C21H40N6O2. The first-order chi connectivity index (χ1) is 13.9. The molecule has 2 rings (SSSR count). The summed E-state index contributed by atoms with van der Waals surface area (Å²) in [6.07, 6.45) is 6.42. The molecule has 2 aliphatic rings. The van der Waals surface area contributed by atoms with E-state index in [-0.39, 0.29) is 11.9 Å². The fraction of sp³-hybridized carbons (Fsp3) is 0.857. The SMILES string of the molecule is CCNC(=NCCCN1C(=O)NC(C)(CC)C1=O)NCCN1CCCCC1CC. The highest BCUT2D eigenvalue weighted by Gasteiger charge is 2.45. The summed E-state index contributed by atoms with van der Waals surface area (Å²) in [5, 5.41) is 9.48. The summed E-state index contributed by atoms with van der Waals surface area (Å²) in [7, 11) is 0. The maximum atomic E-state index is 12.4. The summed E-state index contributed by atoms with van der Waals surface area (Å²) in [4.78, 5) is 33.0. The Kier molecular flexibility index (Phi) is 9.20. The van der Waals surface area contributed by atoms with Crippen molar-refractivity contribution in [1.82, 2.24) is 25.8 Å². The van der Waals surface area contributed by atoms with E-state index in [0.29, 0.717) is 32.0 Å². The Labute approximate surface area is 175 Å². The summed E-state index contributed by atoms with van der Waals surface area (Å²) in [6.45, 7) is 12.9. The summed E-state index contributed by atoms with van der Waals surface area (Å²) < 4.78 is 0. The van der Waals surface area contributed by atoms with Crippen LogP contribution in [-0.2, 0) is 4.79 Å². The van der Waals surface area contributed by atoms with E-state index in [1.54, 1.807) is 6.92 Å². The Balaban J connectivity index is 1.76. The number of amides is 3. The largest absolute Gasteiger partial charge is 0.357 e. The van der Waals surface area contributed by atoms with Crippen LogP contribution in [0.5, 0.6) is 0 Å². The Bertz CT molecular complexity index is 582. The lowest BCUT2D eigenvalue weighted by atomic mass is 9.99. The van der Waals surface area contributed by atoms with E-state index in [9.17, 15) is 9.59 Å². The van der Waals surface area contributed by atoms with Gasteiger partial charge in [0.15, 0.2) is 5.96 Å². The number of hydrogen-bond acceptors (Lipinski definition) is 4. The second-order valence-corrected chi connectivity index (χ2v) is 8.21. The number of aliphatic imine (C=N–C) groups is 1.